The second kappa shape index (κ2) is 6.46. The first kappa shape index (κ1) is 14.4. The van der Waals surface area contributed by atoms with E-state index in [0.29, 0.717) is 17.3 Å². The number of hydrogen-bond donors (Lipinski definition) is 1. The Morgan fingerprint density at radius 1 is 1.20 bits per heavy atom. The molecule has 0 aliphatic rings. The summed E-state index contributed by atoms with van der Waals surface area (Å²) in [6.45, 7) is 7.11. The minimum Gasteiger partial charge on any atom is -0.370 e. The fourth-order valence-corrected chi connectivity index (χ4v) is 2.05. The first-order valence-corrected chi connectivity index (χ1v) is 6.96. The fraction of sp³-hybridized carbons (Fsp3) is 0.375. The van der Waals surface area contributed by atoms with E-state index in [9.17, 15) is 4.39 Å². The summed E-state index contributed by atoms with van der Waals surface area (Å²) in [6.07, 6.45) is 0.878. The first-order chi connectivity index (χ1) is 9.58. The molecule has 0 fully saturated rings. The molecule has 0 spiro atoms. The van der Waals surface area contributed by atoms with Crippen LogP contribution in [0.25, 0.3) is 11.4 Å². The van der Waals surface area contributed by atoms with Crippen molar-refractivity contribution in [1.29, 1.82) is 0 Å². The van der Waals surface area contributed by atoms with Crippen molar-refractivity contribution in [2.75, 3.05) is 11.9 Å². The monoisotopic (exact) mass is 273 g/mol. The van der Waals surface area contributed by atoms with Crippen molar-refractivity contribution in [1.82, 2.24) is 9.97 Å². The molecule has 1 N–H and O–H groups in total. The van der Waals surface area contributed by atoms with Crippen molar-refractivity contribution >= 4 is 5.82 Å². The van der Waals surface area contributed by atoms with E-state index in [1.807, 2.05) is 19.1 Å². The van der Waals surface area contributed by atoms with Gasteiger partial charge in [-0.15, -0.1) is 0 Å². The van der Waals surface area contributed by atoms with Crippen molar-refractivity contribution in [2.45, 2.75) is 27.2 Å². The topological polar surface area (TPSA) is 37.8 Å². The number of nitrogens with zero attached hydrogens (tertiary/aromatic N) is 2. The molecule has 1 aromatic carbocycles. The van der Waals surface area contributed by atoms with Crippen LogP contribution in [0.5, 0.6) is 0 Å². The van der Waals surface area contributed by atoms with Crippen LogP contribution in [-0.4, -0.2) is 16.5 Å². The molecule has 2 aromatic rings. The quantitative estimate of drug-likeness (QED) is 0.897. The lowest BCUT2D eigenvalue weighted by atomic mass is 10.1. The van der Waals surface area contributed by atoms with Crippen molar-refractivity contribution in [3.05, 3.63) is 41.8 Å². The van der Waals surface area contributed by atoms with Gasteiger partial charge in [0.25, 0.3) is 0 Å². The number of halogens is 1. The normalized spacial score (nSPS) is 10.8. The van der Waals surface area contributed by atoms with Gasteiger partial charge in [-0.3, -0.25) is 0 Å². The number of benzene rings is 1. The molecule has 1 heterocycles. The van der Waals surface area contributed by atoms with Gasteiger partial charge in [-0.2, -0.15) is 0 Å². The predicted molar refractivity (Wildman–Crippen MR) is 80.1 cm³/mol. The van der Waals surface area contributed by atoms with Gasteiger partial charge in [-0.25, -0.2) is 14.4 Å². The third kappa shape index (κ3) is 3.76. The minimum atomic E-state index is -0.273. The lowest BCUT2D eigenvalue weighted by Gasteiger charge is -2.10. The van der Waals surface area contributed by atoms with Crippen molar-refractivity contribution in [2.24, 2.45) is 5.92 Å². The molecule has 0 atom stereocenters. The van der Waals surface area contributed by atoms with Gasteiger partial charge in [0.1, 0.15) is 11.6 Å². The van der Waals surface area contributed by atoms with Crippen molar-refractivity contribution < 1.29 is 4.39 Å². The van der Waals surface area contributed by atoms with Gasteiger partial charge in [-0.05, 0) is 31.4 Å². The average Bonchev–Trinajstić information content (AvgIpc) is 2.38. The molecule has 0 aliphatic heterocycles. The maximum atomic E-state index is 13.3. The second-order valence-corrected chi connectivity index (χ2v) is 5.21. The highest BCUT2D eigenvalue weighted by Gasteiger charge is 2.08. The highest BCUT2D eigenvalue weighted by molar-refractivity contribution is 5.57. The van der Waals surface area contributed by atoms with Crippen LogP contribution in [0.3, 0.4) is 0 Å². The van der Waals surface area contributed by atoms with Gasteiger partial charge in [0.05, 0.1) is 0 Å². The van der Waals surface area contributed by atoms with Gasteiger partial charge in [0.2, 0.25) is 0 Å². The highest BCUT2D eigenvalue weighted by atomic mass is 19.1. The summed E-state index contributed by atoms with van der Waals surface area (Å²) in [5.74, 6) is 1.60. The van der Waals surface area contributed by atoms with E-state index < -0.39 is 0 Å². The Hall–Kier alpha value is -1.97. The number of hydrogen-bond acceptors (Lipinski definition) is 3. The molecule has 0 saturated heterocycles. The number of nitrogens with one attached hydrogen (secondary N) is 1. The fourth-order valence-electron chi connectivity index (χ4n) is 2.05. The summed E-state index contributed by atoms with van der Waals surface area (Å²) in [4.78, 5) is 9.00. The highest BCUT2D eigenvalue weighted by Crippen LogP contribution is 2.20. The average molecular weight is 273 g/mol. The zero-order valence-electron chi connectivity index (χ0n) is 12.2. The molecule has 4 heteroatoms. The summed E-state index contributed by atoms with van der Waals surface area (Å²) in [5, 5.41) is 3.20. The van der Waals surface area contributed by atoms with Crippen LogP contribution in [0.15, 0.2) is 30.3 Å². The summed E-state index contributed by atoms with van der Waals surface area (Å²) < 4.78 is 13.3. The maximum Gasteiger partial charge on any atom is 0.161 e. The lowest BCUT2D eigenvalue weighted by molar-refractivity contribution is 0.627. The molecule has 0 saturated carbocycles. The molecule has 3 nitrogen and oxygen atoms in total. The van der Waals surface area contributed by atoms with E-state index in [4.69, 9.17) is 0 Å². The van der Waals surface area contributed by atoms with E-state index >= 15 is 0 Å². The molecule has 0 unspecified atom stereocenters. The van der Waals surface area contributed by atoms with Gasteiger partial charge in [0, 0.05) is 23.9 Å². The Morgan fingerprint density at radius 3 is 2.65 bits per heavy atom. The zero-order chi connectivity index (χ0) is 14.5. The van der Waals surface area contributed by atoms with Crippen molar-refractivity contribution in [3.8, 4) is 11.4 Å². The summed E-state index contributed by atoms with van der Waals surface area (Å²) in [6, 6.07) is 8.35. The molecule has 0 bridgehead atoms. The Labute approximate surface area is 119 Å². The molecule has 0 radical (unpaired) electrons. The Morgan fingerprint density at radius 2 is 2.00 bits per heavy atom. The Balaban J connectivity index is 2.43. The van der Waals surface area contributed by atoms with E-state index in [-0.39, 0.29) is 5.82 Å². The summed E-state index contributed by atoms with van der Waals surface area (Å²) in [7, 11) is 0. The lowest BCUT2D eigenvalue weighted by Crippen LogP contribution is -2.06. The molecule has 1 aromatic heterocycles. The van der Waals surface area contributed by atoms with Crippen LogP contribution < -0.4 is 5.32 Å². The third-order valence-corrected chi connectivity index (χ3v) is 2.84. The number of aromatic nitrogens is 2. The van der Waals surface area contributed by atoms with E-state index in [0.717, 1.165) is 24.5 Å². The molecule has 106 valence electrons. The number of rotatable bonds is 5. The molecule has 2 rings (SSSR count). The molecular formula is C16H20FN3. The van der Waals surface area contributed by atoms with Crippen LogP contribution >= 0.6 is 0 Å². The van der Waals surface area contributed by atoms with E-state index in [2.05, 4.69) is 29.1 Å². The van der Waals surface area contributed by atoms with Crippen molar-refractivity contribution in [3.63, 3.8) is 0 Å². The number of anilines is 1. The van der Waals surface area contributed by atoms with Crippen LogP contribution in [0.2, 0.25) is 0 Å². The van der Waals surface area contributed by atoms with Crippen LogP contribution in [0.1, 0.15) is 26.5 Å². The van der Waals surface area contributed by atoms with Crippen LogP contribution in [0.4, 0.5) is 10.2 Å². The van der Waals surface area contributed by atoms with Crippen LogP contribution in [-0.2, 0) is 6.42 Å². The Kier molecular flexibility index (Phi) is 4.66. The van der Waals surface area contributed by atoms with E-state index in [1.165, 1.54) is 12.1 Å². The molecule has 20 heavy (non-hydrogen) atoms. The molecular weight excluding hydrogens is 253 g/mol. The van der Waals surface area contributed by atoms with Gasteiger partial charge in [0.15, 0.2) is 5.82 Å². The largest absolute Gasteiger partial charge is 0.370 e. The van der Waals surface area contributed by atoms with Gasteiger partial charge < -0.3 is 5.32 Å². The standard InChI is InChI=1S/C16H20FN3/c1-4-18-15-10-14(8-11(2)3)19-16(20-15)12-6-5-7-13(17)9-12/h5-7,9-11H,4,8H2,1-3H3,(H,18,19,20). The first-order valence-electron chi connectivity index (χ1n) is 6.96. The predicted octanol–water partition coefficient (Wildman–Crippen LogP) is 3.91. The minimum absolute atomic E-state index is 0.273. The Bertz CT molecular complexity index is 582. The smallest absolute Gasteiger partial charge is 0.161 e. The maximum absolute atomic E-state index is 13.3. The second-order valence-electron chi connectivity index (χ2n) is 5.21. The summed E-state index contributed by atoms with van der Waals surface area (Å²) in [5.41, 5.74) is 1.68. The van der Waals surface area contributed by atoms with Crippen LogP contribution in [0, 0.1) is 11.7 Å². The third-order valence-electron chi connectivity index (χ3n) is 2.84. The SMILES string of the molecule is CCNc1cc(CC(C)C)nc(-c2cccc(F)c2)n1. The zero-order valence-corrected chi connectivity index (χ0v) is 12.2. The summed E-state index contributed by atoms with van der Waals surface area (Å²) >= 11 is 0. The molecule has 0 aliphatic carbocycles. The van der Waals surface area contributed by atoms with Gasteiger partial charge >= 0.3 is 0 Å². The molecule has 0 amide bonds. The van der Waals surface area contributed by atoms with E-state index in [1.54, 1.807) is 6.07 Å². The van der Waals surface area contributed by atoms with Gasteiger partial charge in [-0.1, -0.05) is 26.0 Å².